The van der Waals surface area contributed by atoms with Crippen molar-refractivity contribution in [3.8, 4) is 0 Å². The average molecular weight is 268 g/mol. The van der Waals surface area contributed by atoms with Crippen LogP contribution in [0.5, 0.6) is 0 Å². The highest BCUT2D eigenvalue weighted by Gasteiger charge is 2.13. The van der Waals surface area contributed by atoms with Gasteiger partial charge in [0.05, 0.1) is 7.11 Å². The van der Waals surface area contributed by atoms with E-state index < -0.39 is 0 Å². The van der Waals surface area contributed by atoms with Crippen LogP contribution >= 0.6 is 11.8 Å². The lowest BCUT2D eigenvalue weighted by atomic mass is 10.2. The maximum absolute atomic E-state index is 11.6. The van der Waals surface area contributed by atoms with Crippen molar-refractivity contribution in [2.75, 3.05) is 23.9 Å². The lowest BCUT2D eigenvalue weighted by molar-refractivity contribution is 0.0601. The van der Waals surface area contributed by atoms with Crippen molar-refractivity contribution in [2.24, 2.45) is 0 Å². The van der Waals surface area contributed by atoms with Gasteiger partial charge in [-0.25, -0.2) is 9.78 Å². The Morgan fingerprint density at radius 1 is 1.61 bits per heavy atom. The van der Waals surface area contributed by atoms with Gasteiger partial charge < -0.3 is 10.1 Å². The second kappa shape index (κ2) is 7.97. The predicted molar refractivity (Wildman–Crippen MR) is 76.3 cm³/mol. The number of methoxy groups -OCH3 is 1. The molecule has 1 aromatic heterocycles. The van der Waals surface area contributed by atoms with Crippen LogP contribution in [0.3, 0.4) is 0 Å². The fourth-order valence-corrected chi connectivity index (χ4v) is 2.31. The number of nitrogens with zero attached hydrogens (tertiary/aromatic N) is 1. The van der Waals surface area contributed by atoms with Crippen molar-refractivity contribution in [2.45, 2.75) is 26.3 Å². The summed E-state index contributed by atoms with van der Waals surface area (Å²) in [5.41, 5.74) is 0.481. The van der Waals surface area contributed by atoms with Crippen molar-refractivity contribution in [1.82, 2.24) is 4.98 Å². The van der Waals surface area contributed by atoms with Gasteiger partial charge in [0, 0.05) is 12.2 Å². The van der Waals surface area contributed by atoms with Crippen molar-refractivity contribution < 1.29 is 9.53 Å². The molecule has 0 aliphatic carbocycles. The van der Waals surface area contributed by atoms with Gasteiger partial charge in [-0.1, -0.05) is 6.92 Å². The second-order valence-corrected chi connectivity index (χ2v) is 5.32. The van der Waals surface area contributed by atoms with Crippen LogP contribution in [0.2, 0.25) is 0 Å². The maximum Gasteiger partial charge on any atom is 0.341 e. The zero-order chi connectivity index (χ0) is 13.4. The summed E-state index contributed by atoms with van der Waals surface area (Å²) in [5, 5.41) is 3.26. The standard InChI is InChI=1S/C13H20N2O2S/c1-4-18-9-7-10(2)15-12-11(13(16)17-3)6-5-8-14-12/h5-6,8,10H,4,7,9H2,1-3H3,(H,14,15). The molecule has 1 rings (SSSR count). The fraction of sp³-hybridized carbons (Fsp3) is 0.538. The monoisotopic (exact) mass is 268 g/mol. The molecule has 1 atom stereocenters. The molecule has 0 aromatic carbocycles. The topological polar surface area (TPSA) is 51.2 Å². The van der Waals surface area contributed by atoms with Crippen LogP contribution in [0, 0.1) is 0 Å². The van der Waals surface area contributed by atoms with Gasteiger partial charge in [0.2, 0.25) is 0 Å². The number of anilines is 1. The normalized spacial score (nSPS) is 11.9. The molecule has 5 heteroatoms. The first kappa shape index (κ1) is 14.8. The lowest BCUT2D eigenvalue weighted by Gasteiger charge is -2.15. The number of esters is 1. The zero-order valence-corrected chi connectivity index (χ0v) is 11.9. The number of rotatable bonds is 7. The minimum Gasteiger partial charge on any atom is -0.465 e. The number of aromatic nitrogens is 1. The average Bonchev–Trinajstić information content (AvgIpc) is 2.39. The van der Waals surface area contributed by atoms with Gasteiger partial charge in [0.25, 0.3) is 0 Å². The van der Waals surface area contributed by atoms with Gasteiger partial charge in [0.15, 0.2) is 0 Å². The van der Waals surface area contributed by atoms with Crippen LogP contribution in [-0.2, 0) is 4.74 Å². The Balaban J connectivity index is 2.63. The molecular weight excluding hydrogens is 248 g/mol. The molecule has 0 radical (unpaired) electrons. The highest BCUT2D eigenvalue weighted by molar-refractivity contribution is 7.99. The van der Waals surface area contributed by atoms with Gasteiger partial charge in [-0.15, -0.1) is 0 Å². The quantitative estimate of drug-likeness (QED) is 0.608. The van der Waals surface area contributed by atoms with Gasteiger partial charge in [-0.3, -0.25) is 0 Å². The van der Waals surface area contributed by atoms with Gasteiger partial charge in [-0.2, -0.15) is 11.8 Å². The predicted octanol–water partition coefficient (Wildman–Crippen LogP) is 2.81. The van der Waals surface area contributed by atoms with Crippen LogP contribution in [-0.4, -0.2) is 35.6 Å². The SMILES string of the molecule is CCSCCC(C)Nc1ncccc1C(=O)OC. The molecule has 0 aliphatic heterocycles. The van der Waals surface area contributed by atoms with Crippen LogP contribution in [0.25, 0.3) is 0 Å². The largest absolute Gasteiger partial charge is 0.465 e. The van der Waals surface area contributed by atoms with Gasteiger partial charge in [-0.05, 0) is 37.0 Å². The number of hydrogen-bond donors (Lipinski definition) is 1. The number of hydrogen-bond acceptors (Lipinski definition) is 5. The Kier molecular flexibility index (Phi) is 6.57. The summed E-state index contributed by atoms with van der Waals surface area (Å²) in [6, 6.07) is 3.73. The number of carbonyl (C=O) groups is 1. The molecule has 0 aliphatic rings. The van der Waals surface area contributed by atoms with E-state index in [2.05, 4.69) is 24.1 Å². The smallest absolute Gasteiger partial charge is 0.341 e. The molecule has 0 spiro atoms. The third kappa shape index (κ3) is 4.56. The Bertz CT molecular complexity index is 385. The van der Waals surface area contributed by atoms with E-state index in [1.807, 2.05) is 11.8 Å². The number of carbonyl (C=O) groups excluding carboxylic acids is 1. The summed E-state index contributed by atoms with van der Waals surface area (Å²) >= 11 is 1.91. The van der Waals surface area contributed by atoms with Crippen molar-refractivity contribution in [3.63, 3.8) is 0 Å². The Hall–Kier alpha value is -1.23. The van der Waals surface area contributed by atoms with E-state index >= 15 is 0 Å². The molecule has 0 saturated carbocycles. The van der Waals surface area contributed by atoms with E-state index in [0.29, 0.717) is 11.4 Å². The second-order valence-electron chi connectivity index (χ2n) is 3.92. The zero-order valence-electron chi connectivity index (χ0n) is 11.1. The molecule has 1 unspecified atom stereocenters. The van der Waals surface area contributed by atoms with Gasteiger partial charge >= 0.3 is 5.97 Å². The minimum atomic E-state index is -0.360. The third-order valence-electron chi connectivity index (χ3n) is 2.50. The first-order valence-corrected chi connectivity index (χ1v) is 7.22. The molecule has 0 saturated heterocycles. The Morgan fingerprint density at radius 2 is 2.39 bits per heavy atom. The van der Waals surface area contributed by atoms with Crippen LogP contribution in [0.15, 0.2) is 18.3 Å². The van der Waals surface area contributed by atoms with Gasteiger partial charge in [0.1, 0.15) is 11.4 Å². The van der Waals surface area contributed by atoms with E-state index in [1.165, 1.54) is 7.11 Å². The molecule has 0 amide bonds. The van der Waals surface area contributed by atoms with E-state index in [-0.39, 0.29) is 12.0 Å². The summed E-state index contributed by atoms with van der Waals surface area (Å²) in [6.45, 7) is 4.24. The molecule has 0 fully saturated rings. The maximum atomic E-state index is 11.6. The fourth-order valence-electron chi connectivity index (χ4n) is 1.51. The molecule has 100 valence electrons. The van der Waals surface area contributed by atoms with E-state index in [9.17, 15) is 4.79 Å². The van der Waals surface area contributed by atoms with Crippen molar-refractivity contribution in [3.05, 3.63) is 23.9 Å². The first-order chi connectivity index (χ1) is 8.69. The van der Waals surface area contributed by atoms with E-state index in [4.69, 9.17) is 4.74 Å². The van der Waals surface area contributed by atoms with Crippen LogP contribution in [0.4, 0.5) is 5.82 Å². The van der Waals surface area contributed by atoms with E-state index in [1.54, 1.807) is 18.3 Å². The molecule has 1 N–H and O–H groups in total. The first-order valence-electron chi connectivity index (χ1n) is 6.06. The summed E-state index contributed by atoms with van der Waals surface area (Å²) < 4.78 is 4.73. The van der Waals surface area contributed by atoms with Crippen molar-refractivity contribution >= 4 is 23.5 Å². The summed E-state index contributed by atoms with van der Waals surface area (Å²) in [5.74, 6) is 2.47. The lowest BCUT2D eigenvalue weighted by Crippen LogP contribution is -2.19. The number of ether oxygens (including phenoxy) is 1. The van der Waals surface area contributed by atoms with Crippen molar-refractivity contribution in [1.29, 1.82) is 0 Å². The minimum absolute atomic E-state index is 0.280. The molecular formula is C13H20N2O2S. The van der Waals surface area contributed by atoms with E-state index in [0.717, 1.165) is 17.9 Å². The number of thioether (sulfide) groups is 1. The third-order valence-corrected chi connectivity index (χ3v) is 3.43. The summed E-state index contributed by atoms with van der Waals surface area (Å²) in [7, 11) is 1.38. The summed E-state index contributed by atoms with van der Waals surface area (Å²) in [4.78, 5) is 15.8. The van der Waals surface area contributed by atoms with Crippen LogP contribution < -0.4 is 5.32 Å². The number of nitrogens with one attached hydrogen (secondary N) is 1. The van der Waals surface area contributed by atoms with Crippen LogP contribution in [0.1, 0.15) is 30.6 Å². The highest BCUT2D eigenvalue weighted by Crippen LogP contribution is 2.15. The number of pyridine rings is 1. The Morgan fingerprint density at radius 3 is 3.06 bits per heavy atom. The Labute approximate surface area is 113 Å². The molecule has 1 heterocycles. The molecule has 4 nitrogen and oxygen atoms in total. The summed E-state index contributed by atoms with van der Waals surface area (Å²) in [6.07, 6.45) is 2.71. The molecule has 1 aromatic rings. The molecule has 0 bridgehead atoms. The highest BCUT2D eigenvalue weighted by atomic mass is 32.2. The molecule has 18 heavy (non-hydrogen) atoms.